The summed E-state index contributed by atoms with van der Waals surface area (Å²) in [5.74, 6) is 0. The Hall–Kier alpha value is -3.62. The van der Waals surface area contributed by atoms with Crippen LogP contribution in [0.15, 0.2) is 89.3 Å². The maximum Gasteiger partial charge on any atom is 0.143 e. The van der Waals surface area contributed by atoms with Crippen molar-refractivity contribution in [1.82, 2.24) is 0 Å². The van der Waals surface area contributed by atoms with E-state index in [9.17, 15) is 0 Å². The van der Waals surface area contributed by atoms with Crippen LogP contribution in [-0.2, 0) is 0 Å². The first kappa shape index (κ1) is 15.3. The average Bonchev–Trinajstić information content (AvgIpc) is 3.35. The molecule has 8 aromatic rings. The molecule has 0 unspecified atom stereocenters. The molecule has 0 atom stereocenters. The molecule has 0 aliphatic heterocycles. The van der Waals surface area contributed by atoms with Crippen LogP contribution >= 0.6 is 11.3 Å². The smallest absolute Gasteiger partial charge is 0.143 e. The predicted molar refractivity (Wildman–Crippen MR) is 130 cm³/mol. The minimum absolute atomic E-state index is 0.953. The summed E-state index contributed by atoms with van der Waals surface area (Å²) in [5.41, 5.74) is 1.95. The van der Waals surface area contributed by atoms with Crippen LogP contribution in [0.2, 0.25) is 0 Å². The lowest BCUT2D eigenvalue weighted by Crippen LogP contribution is -1.85. The summed E-state index contributed by atoms with van der Waals surface area (Å²) in [6, 6.07) is 30.9. The highest BCUT2D eigenvalue weighted by Gasteiger charge is 2.18. The Morgan fingerprint density at radius 3 is 2.17 bits per heavy atom. The summed E-state index contributed by atoms with van der Waals surface area (Å²) in [5, 5.41) is 12.9. The minimum Gasteiger partial charge on any atom is -0.455 e. The van der Waals surface area contributed by atoms with Crippen LogP contribution in [0.4, 0.5) is 0 Å². The summed E-state index contributed by atoms with van der Waals surface area (Å²) in [6.45, 7) is 0. The molecule has 6 aromatic carbocycles. The van der Waals surface area contributed by atoms with Gasteiger partial charge < -0.3 is 4.42 Å². The highest BCUT2D eigenvalue weighted by molar-refractivity contribution is 7.26. The van der Waals surface area contributed by atoms with E-state index in [4.69, 9.17) is 4.42 Å². The lowest BCUT2D eigenvalue weighted by atomic mass is 9.91. The van der Waals surface area contributed by atoms with Crippen LogP contribution < -0.4 is 0 Å². The molecular weight excluding hydrogens is 384 g/mol. The zero-order valence-electron chi connectivity index (χ0n) is 15.9. The molecular formula is C28H14OS. The number of fused-ring (bicyclic) bond motifs is 8. The van der Waals surface area contributed by atoms with Gasteiger partial charge in [-0.2, -0.15) is 0 Å². The topological polar surface area (TPSA) is 13.1 Å². The molecule has 0 fully saturated rings. The molecule has 0 spiro atoms. The Labute approximate surface area is 175 Å². The molecule has 2 heteroatoms. The fourth-order valence-corrected chi connectivity index (χ4v) is 6.51. The van der Waals surface area contributed by atoms with Crippen molar-refractivity contribution >= 4 is 85.8 Å². The van der Waals surface area contributed by atoms with Crippen LogP contribution in [0.5, 0.6) is 0 Å². The van der Waals surface area contributed by atoms with Gasteiger partial charge in [-0.1, -0.05) is 54.6 Å². The van der Waals surface area contributed by atoms with Gasteiger partial charge in [-0.25, -0.2) is 0 Å². The molecule has 1 nitrogen and oxygen atoms in total. The van der Waals surface area contributed by atoms with Gasteiger partial charge in [0.15, 0.2) is 0 Å². The molecule has 30 heavy (non-hydrogen) atoms. The van der Waals surface area contributed by atoms with E-state index >= 15 is 0 Å². The number of hydrogen-bond donors (Lipinski definition) is 0. The van der Waals surface area contributed by atoms with E-state index < -0.39 is 0 Å². The SMILES string of the molecule is c1ccc2c(c1)oc1c2cc2ccc3cc4sc5ccccc5c4c4ccc1c2c34. The Bertz CT molecular complexity index is 1950. The lowest BCUT2D eigenvalue weighted by Gasteiger charge is -2.12. The van der Waals surface area contributed by atoms with Crippen LogP contribution in [0, 0.1) is 0 Å². The monoisotopic (exact) mass is 398 g/mol. The summed E-state index contributed by atoms with van der Waals surface area (Å²) in [6.07, 6.45) is 0. The second-order valence-corrected chi connectivity index (χ2v) is 9.21. The van der Waals surface area contributed by atoms with Gasteiger partial charge in [0.05, 0.1) is 0 Å². The molecule has 2 heterocycles. The van der Waals surface area contributed by atoms with E-state index in [0.29, 0.717) is 0 Å². The van der Waals surface area contributed by atoms with Crippen LogP contribution in [0.25, 0.3) is 74.4 Å². The number of hydrogen-bond acceptors (Lipinski definition) is 2. The maximum absolute atomic E-state index is 6.35. The molecule has 0 bridgehead atoms. The second-order valence-electron chi connectivity index (χ2n) is 8.12. The molecule has 0 N–H and O–H groups in total. The van der Waals surface area contributed by atoms with E-state index in [1.807, 2.05) is 17.4 Å². The Morgan fingerprint density at radius 1 is 0.500 bits per heavy atom. The highest BCUT2D eigenvalue weighted by Crippen LogP contribution is 2.46. The quantitative estimate of drug-likeness (QED) is 0.232. The van der Waals surface area contributed by atoms with Crippen molar-refractivity contribution in [3.05, 3.63) is 84.9 Å². The number of thiophene rings is 1. The number of benzene rings is 6. The van der Waals surface area contributed by atoms with Crippen LogP contribution in [0.3, 0.4) is 0 Å². The molecule has 0 aliphatic rings. The minimum atomic E-state index is 0.953. The third-order valence-electron chi connectivity index (χ3n) is 6.58. The molecule has 0 amide bonds. The molecule has 2 aromatic heterocycles. The molecule has 0 radical (unpaired) electrons. The normalized spacial score (nSPS) is 12.7. The number of furan rings is 1. The van der Waals surface area contributed by atoms with E-state index in [-0.39, 0.29) is 0 Å². The fourth-order valence-electron chi connectivity index (χ4n) is 5.34. The van der Waals surface area contributed by atoms with Crippen molar-refractivity contribution in [2.45, 2.75) is 0 Å². The second kappa shape index (κ2) is 5.10. The summed E-state index contributed by atoms with van der Waals surface area (Å²) < 4.78 is 9.06. The standard InChI is InChI=1S/C28H14OS/c1-3-7-22-17(5-1)21-13-15-9-10-16-14-24-27(18-6-2-4-8-23(18)30-24)19-11-12-20(28(21)29-22)26(15)25(16)19/h1-14H. The third-order valence-corrected chi connectivity index (χ3v) is 7.70. The third kappa shape index (κ3) is 1.71. The van der Waals surface area contributed by atoms with Crippen molar-refractivity contribution < 1.29 is 4.42 Å². The molecule has 0 aliphatic carbocycles. The largest absolute Gasteiger partial charge is 0.455 e. The van der Waals surface area contributed by atoms with Crippen molar-refractivity contribution in [2.24, 2.45) is 0 Å². The molecule has 8 rings (SSSR count). The van der Waals surface area contributed by atoms with Gasteiger partial charge in [-0.05, 0) is 51.9 Å². The van der Waals surface area contributed by atoms with E-state index in [2.05, 4.69) is 78.9 Å². The summed E-state index contributed by atoms with van der Waals surface area (Å²) in [7, 11) is 0. The Balaban J connectivity index is 1.69. The van der Waals surface area contributed by atoms with Gasteiger partial charge in [0.25, 0.3) is 0 Å². The molecule has 0 saturated carbocycles. The zero-order chi connectivity index (χ0) is 19.4. The average molecular weight is 398 g/mol. The van der Waals surface area contributed by atoms with Crippen LogP contribution in [0.1, 0.15) is 0 Å². The fraction of sp³-hybridized carbons (Fsp3) is 0. The first-order valence-electron chi connectivity index (χ1n) is 10.2. The highest BCUT2D eigenvalue weighted by atomic mass is 32.1. The van der Waals surface area contributed by atoms with Gasteiger partial charge in [0.2, 0.25) is 0 Å². The van der Waals surface area contributed by atoms with E-state index in [1.165, 1.54) is 63.3 Å². The Kier molecular flexibility index (Phi) is 2.59. The van der Waals surface area contributed by atoms with Crippen molar-refractivity contribution in [2.75, 3.05) is 0 Å². The zero-order valence-corrected chi connectivity index (χ0v) is 16.7. The van der Waals surface area contributed by atoms with Crippen molar-refractivity contribution in [3.63, 3.8) is 0 Å². The molecule has 0 saturated heterocycles. The lowest BCUT2D eigenvalue weighted by molar-refractivity contribution is 0.673. The van der Waals surface area contributed by atoms with Gasteiger partial charge >= 0.3 is 0 Å². The predicted octanol–water partition coefficient (Wildman–Crippen LogP) is 8.85. The first-order valence-corrected chi connectivity index (χ1v) is 11.0. The van der Waals surface area contributed by atoms with Crippen molar-refractivity contribution in [3.8, 4) is 0 Å². The maximum atomic E-state index is 6.35. The number of rotatable bonds is 0. The van der Waals surface area contributed by atoms with E-state index in [1.54, 1.807) is 0 Å². The Morgan fingerprint density at radius 2 is 1.23 bits per heavy atom. The van der Waals surface area contributed by atoms with Gasteiger partial charge in [-0.15, -0.1) is 11.3 Å². The van der Waals surface area contributed by atoms with Crippen molar-refractivity contribution in [1.29, 1.82) is 0 Å². The summed E-state index contributed by atoms with van der Waals surface area (Å²) in [4.78, 5) is 0. The molecule has 138 valence electrons. The van der Waals surface area contributed by atoms with Gasteiger partial charge in [-0.3, -0.25) is 0 Å². The first-order chi connectivity index (χ1) is 14.9. The van der Waals surface area contributed by atoms with Gasteiger partial charge in [0, 0.05) is 41.7 Å². The summed E-state index contributed by atoms with van der Waals surface area (Å²) >= 11 is 1.89. The van der Waals surface area contributed by atoms with Crippen LogP contribution in [-0.4, -0.2) is 0 Å². The van der Waals surface area contributed by atoms with Gasteiger partial charge in [0.1, 0.15) is 11.2 Å². The van der Waals surface area contributed by atoms with E-state index in [0.717, 1.165) is 11.2 Å². The number of para-hydroxylation sites is 1.